The largest absolute Gasteiger partial charge is 0.383 e. The van der Waals surface area contributed by atoms with Gasteiger partial charge in [-0.3, -0.25) is 4.98 Å². The number of hydrogen-bond acceptors (Lipinski definition) is 2. The molecule has 0 spiro atoms. The molecule has 0 amide bonds. The molecule has 1 aliphatic rings. The summed E-state index contributed by atoms with van der Waals surface area (Å²) in [5, 5.41) is 3.35. The fourth-order valence-electron chi connectivity index (χ4n) is 1.57. The van der Waals surface area contributed by atoms with Crippen molar-refractivity contribution in [2.24, 2.45) is 0 Å². The molecule has 0 fully saturated rings. The van der Waals surface area contributed by atoms with Gasteiger partial charge in [0, 0.05) is 19.2 Å². The molecule has 0 aromatic carbocycles. The zero-order chi connectivity index (χ0) is 9.47. The molecule has 70 valence electrons. The zero-order valence-electron chi connectivity index (χ0n) is 8.52. The quantitative estimate of drug-likeness (QED) is 0.656. The molecule has 0 saturated heterocycles. The number of fused-ring (bicyclic) bond motifs is 1. The Labute approximate surface area is 79.4 Å². The van der Waals surface area contributed by atoms with Gasteiger partial charge >= 0.3 is 0 Å². The lowest BCUT2D eigenvalue weighted by atomic mass is 9.88. The Morgan fingerprint density at radius 3 is 2.85 bits per heavy atom. The van der Waals surface area contributed by atoms with E-state index in [1.807, 2.05) is 6.20 Å². The van der Waals surface area contributed by atoms with Crippen molar-refractivity contribution >= 4 is 5.69 Å². The van der Waals surface area contributed by atoms with Crippen LogP contribution in [0.5, 0.6) is 0 Å². The standard InChI is InChI=1S/C11H16N2/c1-11(2,3)8-6-10-9(13-7-8)4-5-12-10/h6-7,12H,4-5H2,1-3H3. The summed E-state index contributed by atoms with van der Waals surface area (Å²) >= 11 is 0. The number of nitrogens with one attached hydrogen (secondary N) is 1. The molecule has 1 aromatic heterocycles. The van der Waals surface area contributed by atoms with Gasteiger partial charge in [0.15, 0.2) is 0 Å². The molecule has 0 radical (unpaired) electrons. The number of nitrogens with zero attached hydrogens (tertiary/aromatic N) is 1. The first-order chi connectivity index (χ1) is 6.07. The van der Waals surface area contributed by atoms with Crippen molar-refractivity contribution in [1.29, 1.82) is 0 Å². The Bertz CT molecular complexity index is 323. The van der Waals surface area contributed by atoms with Crippen LogP contribution in [0.4, 0.5) is 5.69 Å². The summed E-state index contributed by atoms with van der Waals surface area (Å²) in [4.78, 5) is 4.46. The van der Waals surface area contributed by atoms with Gasteiger partial charge in [-0.05, 0) is 17.0 Å². The van der Waals surface area contributed by atoms with Gasteiger partial charge in [-0.2, -0.15) is 0 Å². The Hall–Kier alpha value is -1.05. The minimum Gasteiger partial charge on any atom is -0.383 e. The van der Waals surface area contributed by atoms with Crippen LogP contribution in [0.2, 0.25) is 0 Å². The Kier molecular flexibility index (Phi) is 1.79. The van der Waals surface area contributed by atoms with Crippen LogP contribution < -0.4 is 5.32 Å². The number of hydrogen-bond donors (Lipinski definition) is 1. The molecule has 0 bridgehead atoms. The van der Waals surface area contributed by atoms with Crippen LogP contribution in [0, 0.1) is 0 Å². The highest BCUT2D eigenvalue weighted by atomic mass is 14.9. The van der Waals surface area contributed by atoms with Crippen molar-refractivity contribution in [3.8, 4) is 0 Å². The Morgan fingerprint density at radius 1 is 1.38 bits per heavy atom. The van der Waals surface area contributed by atoms with E-state index in [0.29, 0.717) is 0 Å². The lowest BCUT2D eigenvalue weighted by molar-refractivity contribution is 0.587. The third kappa shape index (κ3) is 1.53. The van der Waals surface area contributed by atoms with E-state index in [1.54, 1.807) is 0 Å². The molecule has 1 N–H and O–H groups in total. The van der Waals surface area contributed by atoms with Gasteiger partial charge in [-0.15, -0.1) is 0 Å². The SMILES string of the molecule is CC(C)(C)c1cnc2c(c1)NCC2. The fourth-order valence-corrected chi connectivity index (χ4v) is 1.57. The van der Waals surface area contributed by atoms with E-state index in [0.717, 1.165) is 13.0 Å². The van der Waals surface area contributed by atoms with Crippen molar-refractivity contribution in [2.75, 3.05) is 11.9 Å². The first-order valence-corrected chi connectivity index (χ1v) is 4.80. The van der Waals surface area contributed by atoms with E-state index in [9.17, 15) is 0 Å². The van der Waals surface area contributed by atoms with E-state index < -0.39 is 0 Å². The smallest absolute Gasteiger partial charge is 0.0652 e. The molecule has 2 heterocycles. The fraction of sp³-hybridized carbons (Fsp3) is 0.545. The predicted molar refractivity (Wildman–Crippen MR) is 55.1 cm³/mol. The second-order valence-electron chi connectivity index (χ2n) is 4.65. The molecule has 2 rings (SSSR count). The lowest BCUT2D eigenvalue weighted by Crippen LogP contribution is -2.11. The second kappa shape index (κ2) is 2.72. The van der Waals surface area contributed by atoms with Gasteiger partial charge in [-0.1, -0.05) is 20.8 Å². The van der Waals surface area contributed by atoms with Crippen LogP contribution in [0.15, 0.2) is 12.3 Å². The number of pyridine rings is 1. The number of anilines is 1. The molecule has 13 heavy (non-hydrogen) atoms. The van der Waals surface area contributed by atoms with Crippen LogP contribution in [0.1, 0.15) is 32.0 Å². The Balaban J connectivity index is 2.42. The molecular weight excluding hydrogens is 160 g/mol. The number of aromatic nitrogens is 1. The average Bonchev–Trinajstić information content (AvgIpc) is 2.47. The minimum absolute atomic E-state index is 0.201. The summed E-state index contributed by atoms with van der Waals surface area (Å²) in [6, 6.07) is 2.23. The summed E-state index contributed by atoms with van der Waals surface area (Å²) < 4.78 is 0. The van der Waals surface area contributed by atoms with Crippen LogP contribution in [-0.2, 0) is 11.8 Å². The maximum atomic E-state index is 4.46. The molecule has 0 saturated carbocycles. The van der Waals surface area contributed by atoms with E-state index >= 15 is 0 Å². The molecule has 0 aliphatic carbocycles. The van der Waals surface area contributed by atoms with Gasteiger partial charge in [0.25, 0.3) is 0 Å². The van der Waals surface area contributed by atoms with Gasteiger partial charge in [-0.25, -0.2) is 0 Å². The molecular formula is C11H16N2. The van der Waals surface area contributed by atoms with Crippen molar-refractivity contribution in [1.82, 2.24) is 4.98 Å². The third-order valence-electron chi connectivity index (χ3n) is 2.51. The van der Waals surface area contributed by atoms with Gasteiger partial charge in [0.1, 0.15) is 0 Å². The molecule has 2 nitrogen and oxygen atoms in total. The Morgan fingerprint density at radius 2 is 2.15 bits per heavy atom. The van der Waals surface area contributed by atoms with Crippen LogP contribution >= 0.6 is 0 Å². The van der Waals surface area contributed by atoms with Gasteiger partial charge in [0.2, 0.25) is 0 Å². The summed E-state index contributed by atoms with van der Waals surface area (Å²) in [5.41, 5.74) is 3.95. The first kappa shape index (κ1) is 8.54. The highest BCUT2D eigenvalue weighted by molar-refractivity contribution is 5.54. The van der Waals surface area contributed by atoms with E-state index in [4.69, 9.17) is 0 Å². The summed E-state index contributed by atoms with van der Waals surface area (Å²) in [5.74, 6) is 0. The van der Waals surface area contributed by atoms with E-state index in [1.165, 1.54) is 16.9 Å². The topological polar surface area (TPSA) is 24.9 Å². The van der Waals surface area contributed by atoms with Crippen molar-refractivity contribution in [3.63, 3.8) is 0 Å². The molecule has 2 heteroatoms. The zero-order valence-corrected chi connectivity index (χ0v) is 8.52. The van der Waals surface area contributed by atoms with Crippen molar-refractivity contribution < 1.29 is 0 Å². The maximum absolute atomic E-state index is 4.46. The molecule has 0 unspecified atom stereocenters. The normalized spacial score (nSPS) is 15.3. The van der Waals surface area contributed by atoms with Crippen LogP contribution in [-0.4, -0.2) is 11.5 Å². The summed E-state index contributed by atoms with van der Waals surface area (Å²) in [6.45, 7) is 7.68. The van der Waals surface area contributed by atoms with E-state index in [2.05, 4.69) is 37.1 Å². The van der Waals surface area contributed by atoms with Crippen molar-refractivity contribution in [3.05, 3.63) is 23.5 Å². The minimum atomic E-state index is 0.201. The second-order valence-corrected chi connectivity index (χ2v) is 4.65. The third-order valence-corrected chi connectivity index (χ3v) is 2.51. The van der Waals surface area contributed by atoms with Crippen molar-refractivity contribution in [2.45, 2.75) is 32.6 Å². The molecule has 0 atom stereocenters. The monoisotopic (exact) mass is 176 g/mol. The van der Waals surface area contributed by atoms with E-state index in [-0.39, 0.29) is 5.41 Å². The van der Waals surface area contributed by atoms with Crippen LogP contribution in [0.25, 0.3) is 0 Å². The van der Waals surface area contributed by atoms with Gasteiger partial charge in [0.05, 0.1) is 11.4 Å². The summed E-state index contributed by atoms with van der Waals surface area (Å²) in [7, 11) is 0. The maximum Gasteiger partial charge on any atom is 0.0652 e. The number of rotatable bonds is 0. The lowest BCUT2D eigenvalue weighted by Gasteiger charge is -2.19. The molecule has 1 aromatic rings. The first-order valence-electron chi connectivity index (χ1n) is 4.80. The average molecular weight is 176 g/mol. The van der Waals surface area contributed by atoms with Crippen LogP contribution in [0.3, 0.4) is 0 Å². The molecule has 1 aliphatic heterocycles. The van der Waals surface area contributed by atoms with Gasteiger partial charge < -0.3 is 5.32 Å². The highest BCUT2D eigenvalue weighted by Crippen LogP contribution is 2.27. The summed E-state index contributed by atoms with van der Waals surface area (Å²) in [6.07, 6.45) is 3.07. The predicted octanol–water partition coefficient (Wildman–Crippen LogP) is 2.35. The highest BCUT2D eigenvalue weighted by Gasteiger charge is 2.18.